The maximum atomic E-state index is 14.7. The van der Waals surface area contributed by atoms with E-state index in [-0.39, 0.29) is 50.1 Å². The van der Waals surface area contributed by atoms with Crippen LogP contribution in [0.1, 0.15) is 72.9 Å². The second-order valence-corrected chi connectivity index (χ2v) is 17.6. The number of benzene rings is 2. The minimum atomic E-state index is -4.71. The topological polar surface area (TPSA) is 205 Å². The number of aryl methyl sites for hydroxylation is 1. The summed E-state index contributed by atoms with van der Waals surface area (Å²) in [5.74, 6) is -5.61. The number of carbonyl (C=O) groups is 5. The summed E-state index contributed by atoms with van der Waals surface area (Å²) >= 11 is 0. The molecule has 2 aromatic carbocycles. The number of pyridine rings is 1. The minimum Gasteiger partial charge on any atom is -0.444 e. The molecule has 1 saturated carbocycles. The number of hydrogen-bond donors (Lipinski definition) is 4. The lowest BCUT2D eigenvalue weighted by atomic mass is 10.0. The molecule has 19 heteroatoms. The Hall–Kier alpha value is -6.11. The van der Waals surface area contributed by atoms with Gasteiger partial charge in [-0.05, 0) is 61.2 Å². The second kappa shape index (κ2) is 17.5. The van der Waals surface area contributed by atoms with Crippen LogP contribution < -0.4 is 26.2 Å². The molecule has 1 aliphatic carbocycles. The predicted molar refractivity (Wildman–Crippen MR) is 216 cm³/mol. The average Bonchev–Trinajstić information content (AvgIpc) is 3.51. The van der Waals surface area contributed by atoms with E-state index < -0.39 is 91.5 Å². The first-order valence-electron chi connectivity index (χ1n) is 20.2. The molecule has 2 fully saturated rings. The lowest BCUT2D eigenvalue weighted by molar-refractivity contribution is -0.141. The third kappa shape index (κ3) is 9.01. The van der Waals surface area contributed by atoms with Gasteiger partial charge in [-0.15, -0.1) is 6.58 Å². The highest BCUT2D eigenvalue weighted by Gasteiger charge is 2.61. The monoisotopic (exact) mass is 863 g/mol. The summed E-state index contributed by atoms with van der Waals surface area (Å²) < 4.78 is 65.5. The van der Waals surface area contributed by atoms with Gasteiger partial charge in [-0.3, -0.25) is 28.9 Å². The first-order valence-corrected chi connectivity index (χ1v) is 21.6. The second-order valence-electron chi connectivity index (χ2n) is 15.9. The summed E-state index contributed by atoms with van der Waals surface area (Å²) in [6.07, 6.45) is 3.75. The zero-order chi connectivity index (χ0) is 43.6. The van der Waals surface area contributed by atoms with Gasteiger partial charge in [0.2, 0.25) is 11.8 Å². The van der Waals surface area contributed by atoms with Crippen molar-refractivity contribution in [1.29, 1.82) is 0 Å². The number of anilines is 1. The molecule has 0 unspecified atom stereocenters. The number of aromatic nitrogens is 1. The van der Waals surface area contributed by atoms with Crippen LogP contribution in [0, 0.1) is 17.6 Å². The van der Waals surface area contributed by atoms with Gasteiger partial charge in [0, 0.05) is 44.2 Å². The quantitative estimate of drug-likeness (QED) is 0.282. The molecule has 3 aliphatic heterocycles. The largest absolute Gasteiger partial charge is 0.444 e. The first-order chi connectivity index (χ1) is 29.1. The van der Waals surface area contributed by atoms with Crippen molar-refractivity contribution in [2.45, 2.75) is 93.1 Å². The van der Waals surface area contributed by atoms with Gasteiger partial charge in [-0.1, -0.05) is 43.9 Å². The van der Waals surface area contributed by atoms with Crippen molar-refractivity contribution in [2.24, 2.45) is 13.0 Å². The molecule has 1 saturated heterocycles. The fourth-order valence-corrected chi connectivity index (χ4v) is 9.50. The number of amides is 5. The van der Waals surface area contributed by atoms with Gasteiger partial charge in [0.15, 0.2) is 0 Å². The maximum absolute atomic E-state index is 14.7. The van der Waals surface area contributed by atoms with Crippen LogP contribution in [-0.2, 0) is 49.3 Å². The Kier molecular flexibility index (Phi) is 12.3. The number of halogens is 2. The summed E-state index contributed by atoms with van der Waals surface area (Å²) in [6.45, 7) is 3.73. The van der Waals surface area contributed by atoms with Gasteiger partial charge >= 0.3 is 6.09 Å². The van der Waals surface area contributed by atoms with Gasteiger partial charge in [0.1, 0.15) is 45.8 Å². The van der Waals surface area contributed by atoms with E-state index in [0.29, 0.717) is 49.8 Å². The van der Waals surface area contributed by atoms with E-state index in [4.69, 9.17) is 4.74 Å². The molecule has 5 atom stereocenters. The van der Waals surface area contributed by atoms with Gasteiger partial charge in [0.25, 0.3) is 27.4 Å². The van der Waals surface area contributed by atoms with E-state index in [2.05, 4.69) is 22.5 Å². The minimum absolute atomic E-state index is 0.0618. The van der Waals surface area contributed by atoms with Crippen molar-refractivity contribution in [3.63, 3.8) is 0 Å². The number of ether oxygens (including phenoxy) is 1. The molecule has 16 nitrogen and oxygen atoms in total. The Labute approximate surface area is 350 Å². The van der Waals surface area contributed by atoms with E-state index in [1.54, 1.807) is 6.07 Å². The smallest absolute Gasteiger partial charge is 0.410 e. The van der Waals surface area contributed by atoms with Crippen molar-refractivity contribution in [3.8, 4) is 0 Å². The van der Waals surface area contributed by atoms with Crippen LogP contribution in [0.2, 0.25) is 0 Å². The Balaban J connectivity index is 1.20. The molecule has 7 rings (SSSR count). The van der Waals surface area contributed by atoms with Crippen LogP contribution in [0.3, 0.4) is 0 Å². The number of nitrogens with one attached hydrogen (secondary N) is 4. The Bertz CT molecular complexity index is 2450. The van der Waals surface area contributed by atoms with E-state index in [1.807, 2.05) is 4.72 Å². The summed E-state index contributed by atoms with van der Waals surface area (Å²) in [5, 5.41) is 8.36. The fourth-order valence-electron chi connectivity index (χ4n) is 8.26. The Morgan fingerprint density at radius 2 is 1.77 bits per heavy atom. The molecule has 4 N–H and O–H groups in total. The molecule has 324 valence electrons. The zero-order valence-electron chi connectivity index (χ0n) is 33.5. The van der Waals surface area contributed by atoms with Gasteiger partial charge in [-0.2, -0.15) is 0 Å². The standard InChI is InChI=1S/C42H47F2N7O9S/c1-3-26-21-42(26)40(56)48-61(58,59)35-19-27(43)15-16-32(35)45-17-8-6-4-5-7-14-33(46-36(52)29-12-10-18-49(2)38(29)54)39(55)51-23-28(20-34(51)37(53)47-42)60-41(57)50-22-25-11-9-13-31(44)30(25)24-50/h3,9-13,15-16,18-19,26,28,33-34,45H,1,4-8,14,17,20-24H2,2H3,(H,46,52)(H,47,53)(H,48,56)/t26-,28-,33+,34+,42-/m1/s1. The highest BCUT2D eigenvalue weighted by Crippen LogP contribution is 2.45. The summed E-state index contributed by atoms with van der Waals surface area (Å²) in [7, 11) is -3.23. The molecule has 5 amide bonds. The Morgan fingerprint density at radius 3 is 2.52 bits per heavy atom. The van der Waals surface area contributed by atoms with Crippen LogP contribution in [0.15, 0.2) is 77.1 Å². The van der Waals surface area contributed by atoms with E-state index >= 15 is 0 Å². The highest BCUT2D eigenvalue weighted by molar-refractivity contribution is 7.90. The SMILES string of the molecule is C=C[C@@H]1C[C@@]12NC(=O)[C@@H]1C[C@@H](OC(=O)N3Cc4cccc(F)c4C3)CN1C(=O)[C@@H](NC(=O)c1cccn(C)c1=O)CCCCCCCNc1ccc(F)cc1S(=O)(=O)NC2=O. The third-order valence-electron chi connectivity index (χ3n) is 11.8. The molecule has 1 aromatic heterocycles. The first kappa shape index (κ1) is 43.0. The summed E-state index contributed by atoms with van der Waals surface area (Å²) in [5.41, 5.74) is -1.64. The zero-order valence-corrected chi connectivity index (χ0v) is 34.3. The summed E-state index contributed by atoms with van der Waals surface area (Å²) in [4.78, 5) is 85.0. The van der Waals surface area contributed by atoms with E-state index in [9.17, 15) is 46.0 Å². The average molecular weight is 864 g/mol. The number of nitrogens with zero attached hydrogens (tertiary/aromatic N) is 3. The molecule has 4 heterocycles. The van der Waals surface area contributed by atoms with Crippen molar-refractivity contribution < 1.29 is 45.9 Å². The molecule has 0 bridgehead atoms. The fraction of sp³-hybridized carbons (Fsp3) is 0.429. The number of fused-ring (bicyclic) bond motifs is 3. The molecule has 4 aliphatic rings. The van der Waals surface area contributed by atoms with Crippen LogP contribution in [0.5, 0.6) is 0 Å². The molecule has 61 heavy (non-hydrogen) atoms. The number of hydrogen-bond acceptors (Lipinski definition) is 10. The molecule has 1 spiro atoms. The summed E-state index contributed by atoms with van der Waals surface area (Å²) in [6, 6.07) is 7.84. The number of carbonyl (C=O) groups excluding carboxylic acids is 5. The van der Waals surface area contributed by atoms with E-state index in [1.165, 1.54) is 59.1 Å². The van der Waals surface area contributed by atoms with Crippen LogP contribution in [-0.4, -0.2) is 89.3 Å². The lowest BCUT2D eigenvalue weighted by Gasteiger charge is -2.30. The van der Waals surface area contributed by atoms with Gasteiger partial charge < -0.3 is 30.2 Å². The van der Waals surface area contributed by atoms with E-state index in [0.717, 1.165) is 17.0 Å². The van der Waals surface area contributed by atoms with Crippen molar-refractivity contribution in [2.75, 3.05) is 18.4 Å². The van der Waals surface area contributed by atoms with Gasteiger partial charge in [-0.25, -0.2) is 26.7 Å². The molecule has 0 radical (unpaired) electrons. The highest BCUT2D eigenvalue weighted by atomic mass is 32.2. The normalized spacial score (nSPS) is 25.5. The number of rotatable bonds is 4. The predicted octanol–water partition coefficient (Wildman–Crippen LogP) is 3.22. The third-order valence-corrected chi connectivity index (χ3v) is 13.1. The van der Waals surface area contributed by atoms with Crippen LogP contribution in [0.4, 0.5) is 19.3 Å². The Morgan fingerprint density at radius 1 is 1.00 bits per heavy atom. The van der Waals surface area contributed by atoms with Crippen molar-refractivity contribution in [3.05, 3.63) is 106 Å². The van der Waals surface area contributed by atoms with Crippen molar-refractivity contribution >= 4 is 45.4 Å². The molecule has 3 aromatic rings. The van der Waals surface area contributed by atoms with Crippen LogP contribution >= 0.6 is 0 Å². The van der Waals surface area contributed by atoms with Crippen molar-refractivity contribution in [1.82, 2.24) is 29.7 Å². The van der Waals surface area contributed by atoms with Gasteiger partial charge in [0.05, 0.1) is 18.8 Å². The van der Waals surface area contributed by atoms with Crippen LogP contribution in [0.25, 0.3) is 0 Å². The molecular formula is C42H47F2N7O9S. The maximum Gasteiger partial charge on any atom is 0.410 e. The lowest BCUT2D eigenvalue weighted by Crippen LogP contribution is -2.58. The molecular weight excluding hydrogens is 817 g/mol. The number of sulfonamides is 1.